The lowest BCUT2D eigenvalue weighted by Gasteiger charge is -2.28. The van der Waals surface area contributed by atoms with E-state index in [-0.39, 0.29) is 12.5 Å². The highest BCUT2D eigenvalue weighted by Crippen LogP contribution is 2.29. The molecule has 150 valence electrons. The molecule has 27 heavy (non-hydrogen) atoms. The number of benzene rings is 1. The normalized spacial score (nSPS) is 20.1. The number of piperazine rings is 1. The summed E-state index contributed by atoms with van der Waals surface area (Å²) in [4.78, 5) is 19.0. The number of aliphatic hydroxyl groups is 1. The van der Waals surface area contributed by atoms with Crippen molar-refractivity contribution in [2.75, 3.05) is 53.0 Å². The zero-order valence-electron chi connectivity index (χ0n) is 15.9. The van der Waals surface area contributed by atoms with Crippen LogP contribution in [0.1, 0.15) is 18.4 Å². The number of hydrogen-bond acceptors (Lipinski definition) is 7. The molecular weight excluding hydrogens is 350 g/mol. The molecule has 2 heterocycles. The Morgan fingerprint density at radius 2 is 2.19 bits per heavy atom. The largest absolute Gasteiger partial charge is 0.493 e. The smallest absolute Gasteiger partial charge is 0.234 e. The van der Waals surface area contributed by atoms with Gasteiger partial charge in [0, 0.05) is 32.7 Å². The summed E-state index contributed by atoms with van der Waals surface area (Å²) in [6.45, 7) is 4.62. The maximum atomic E-state index is 11.4. The summed E-state index contributed by atoms with van der Waals surface area (Å²) in [5.74, 6) is 1.22. The van der Waals surface area contributed by atoms with Crippen molar-refractivity contribution in [3.63, 3.8) is 0 Å². The quantitative estimate of drug-likeness (QED) is 0.676. The van der Waals surface area contributed by atoms with Gasteiger partial charge < -0.3 is 19.9 Å². The van der Waals surface area contributed by atoms with Crippen molar-refractivity contribution in [2.24, 2.45) is 0 Å². The van der Waals surface area contributed by atoms with Crippen molar-refractivity contribution >= 4 is 5.91 Å². The molecular formula is C19H29N3O5. The first-order valence-corrected chi connectivity index (χ1v) is 9.49. The minimum atomic E-state index is -0.679. The maximum Gasteiger partial charge on any atom is 0.234 e. The average Bonchev–Trinajstić information content (AvgIpc) is 2.67. The van der Waals surface area contributed by atoms with Crippen LogP contribution >= 0.6 is 0 Å². The fourth-order valence-electron chi connectivity index (χ4n) is 3.29. The molecule has 8 nitrogen and oxygen atoms in total. The van der Waals surface area contributed by atoms with Gasteiger partial charge in [-0.05, 0) is 30.5 Å². The van der Waals surface area contributed by atoms with Crippen LogP contribution in [-0.2, 0) is 16.2 Å². The standard InChI is InChI=1S/C19H29N3O5/c1-25-18-10-15(11-22-7-2-3-9-27-22)4-5-17(18)26-14-16(23)12-21-8-6-20-19(24)13-21/h4-5,10,16,23H,2-3,6-9,11-14H2,1H3,(H,20,24). The monoisotopic (exact) mass is 379 g/mol. The van der Waals surface area contributed by atoms with E-state index in [0.717, 1.165) is 38.1 Å². The number of β-amino-alcohol motifs (C(OH)–C–C–N with tert-alkyl or cyclic N) is 1. The number of methoxy groups -OCH3 is 1. The van der Waals surface area contributed by atoms with Crippen molar-refractivity contribution in [1.82, 2.24) is 15.3 Å². The number of amides is 1. The lowest BCUT2D eigenvalue weighted by atomic mass is 10.2. The fraction of sp³-hybridized carbons (Fsp3) is 0.632. The van der Waals surface area contributed by atoms with Gasteiger partial charge in [0.1, 0.15) is 12.7 Å². The molecule has 2 fully saturated rings. The first kappa shape index (κ1) is 19.9. The third-order valence-electron chi connectivity index (χ3n) is 4.68. The zero-order valence-corrected chi connectivity index (χ0v) is 15.9. The molecule has 1 unspecified atom stereocenters. The summed E-state index contributed by atoms with van der Waals surface area (Å²) in [5, 5.41) is 15.0. The summed E-state index contributed by atoms with van der Waals surface area (Å²) in [6.07, 6.45) is 1.58. The van der Waals surface area contributed by atoms with Crippen LogP contribution in [0, 0.1) is 0 Å². The van der Waals surface area contributed by atoms with Gasteiger partial charge >= 0.3 is 0 Å². The Morgan fingerprint density at radius 3 is 2.93 bits per heavy atom. The van der Waals surface area contributed by atoms with Crippen LogP contribution < -0.4 is 14.8 Å². The highest BCUT2D eigenvalue weighted by atomic mass is 16.7. The number of ether oxygens (including phenoxy) is 2. The Labute approximate surface area is 159 Å². The van der Waals surface area contributed by atoms with E-state index in [1.165, 1.54) is 0 Å². The minimum absolute atomic E-state index is 0.00990. The van der Waals surface area contributed by atoms with Crippen LogP contribution in [0.15, 0.2) is 18.2 Å². The molecule has 0 bridgehead atoms. The molecule has 0 radical (unpaired) electrons. The number of rotatable bonds is 8. The molecule has 2 saturated heterocycles. The molecule has 1 amide bonds. The lowest BCUT2D eigenvalue weighted by Crippen LogP contribution is -2.50. The van der Waals surface area contributed by atoms with Crippen molar-refractivity contribution in [2.45, 2.75) is 25.5 Å². The Bertz CT molecular complexity index is 621. The first-order chi connectivity index (χ1) is 13.1. The predicted octanol–water partition coefficient (Wildman–Crippen LogP) is 0.394. The molecule has 8 heteroatoms. The van der Waals surface area contributed by atoms with Crippen molar-refractivity contribution in [1.29, 1.82) is 0 Å². The Morgan fingerprint density at radius 1 is 1.30 bits per heavy atom. The third-order valence-corrected chi connectivity index (χ3v) is 4.68. The molecule has 0 saturated carbocycles. The second-order valence-electron chi connectivity index (χ2n) is 6.94. The fourth-order valence-corrected chi connectivity index (χ4v) is 3.29. The van der Waals surface area contributed by atoms with E-state index in [4.69, 9.17) is 14.3 Å². The molecule has 3 rings (SSSR count). The molecule has 0 aromatic heterocycles. The van der Waals surface area contributed by atoms with Gasteiger partial charge in [0.05, 0.1) is 20.3 Å². The molecule has 2 aliphatic rings. The first-order valence-electron chi connectivity index (χ1n) is 9.49. The maximum absolute atomic E-state index is 11.4. The minimum Gasteiger partial charge on any atom is -0.493 e. The van der Waals surface area contributed by atoms with Crippen LogP contribution in [0.25, 0.3) is 0 Å². The summed E-state index contributed by atoms with van der Waals surface area (Å²) < 4.78 is 11.2. The summed E-state index contributed by atoms with van der Waals surface area (Å²) in [6, 6.07) is 5.78. The SMILES string of the molecule is COc1cc(CN2CCCCO2)ccc1OCC(O)CN1CCNC(=O)C1. The number of carbonyl (C=O) groups is 1. The molecule has 1 aromatic rings. The number of nitrogens with zero attached hydrogens (tertiary/aromatic N) is 2. The number of carbonyl (C=O) groups excluding carboxylic acids is 1. The number of hydrogen-bond donors (Lipinski definition) is 2. The van der Waals surface area contributed by atoms with E-state index in [1.54, 1.807) is 7.11 Å². The molecule has 1 atom stereocenters. The topological polar surface area (TPSA) is 83.5 Å². The van der Waals surface area contributed by atoms with Gasteiger partial charge in [-0.1, -0.05) is 6.07 Å². The van der Waals surface area contributed by atoms with E-state index < -0.39 is 6.10 Å². The van der Waals surface area contributed by atoms with E-state index in [1.807, 2.05) is 28.2 Å². The summed E-state index contributed by atoms with van der Waals surface area (Å²) in [5.41, 5.74) is 1.08. The number of nitrogens with one attached hydrogen (secondary N) is 1. The van der Waals surface area contributed by atoms with Gasteiger partial charge in [-0.15, -0.1) is 0 Å². The molecule has 2 aliphatic heterocycles. The van der Waals surface area contributed by atoms with Gasteiger partial charge in [-0.2, -0.15) is 5.06 Å². The van der Waals surface area contributed by atoms with E-state index >= 15 is 0 Å². The second kappa shape index (κ2) is 9.89. The Kier molecular flexibility index (Phi) is 7.28. The zero-order chi connectivity index (χ0) is 19.1. The number of aliphatic hydroxyl groups excluding tert-OH is 1. The van der Waals surface area contributed by atoms with Gasteiger partial charge in [0.25, 0.3) is 0 Å². The predicted molar refractivity (Wildman–Crippen MR) is 99.5 cm³/mol. The third kappa shape index (κ3) is 6.07. The van der Waals surface area contributed by atoms with E-state index in [2.05, 4.69) is 5.32 Å². The molecule has 2 N–H and O–H groups in total. The van der Waals surface area contributed by atoms with Gasteiger partial charge in [-0.3, -0.25) is 14.5 Å². The van der Waals surface area contributed by atoms with Crippen LogP contribution in [0.2, 0.25) is 0 Å². The lowest BCUT2D eigenvalue weighted by molar-refractivity contribution is -0.187. The van der Waals surface area contributed by atoms with E-state index in [9.17, 15) is 9.90 Å². The molecule has 0 aliphatic carbocycles. The molecule has 1 aromatic carbocycles. The number of hydroxylamine groups is 2. The van der Waals surface area contributed by atoms with Crippen LogP contribution in [0.4, 0.5) is 0 Å². The van der Waals surface area contributed by atoms with Crippen LogP contribution in [0.3, 0.4) is 0 Å². The summed E-state index contributed by atoms with van der Waals surface area (Å²) in [7, 11) is 1.60. The highest BCUT2D eigenvalue weighted by molar-refractivity contribution is 5.78. The summed E-state index contributed by atoms with van der Waals surface area (Å²) >= 11 is 0. The van der Waals surface area contributed by atoms with Gasteiger partial charge in [0.2, 0.25) is 5.91 Å². The highest BCUT2D eigenvalue weighted by Gasteiger charge is 2.20. The van der Waals surface area contributed by atoms with Crippen LogP contribution in [-0.4, -0.2) is 80.1 Å². The van der Waals surface area contributed by atoms with E-state index in [0.29, 0.717) is 37.7 Å². The van der Waals surface area contributed by atoms with Crippen molar-refractivity contribution < 1.29 is 24.2 Å². The second-order valence-corrected chi connectivity index (χ2v) is 6.94. The Balaban J connectivity index is 1.50. The van der Waals surface area contributed by atoms with Gasteiger partial charge in [-0.25, -0.2) is 0 Å². The van der Waals surface area contributed by atoms with Crippen molar-refractivity contribution in [3.05, 3.63) is 23.8 Å². The van der Waals surface area contributed by atoms with Gasteiger partial charge in [0.15, 0.2) is 11.5 Å². The molecule has 0 spiro atoms. The van der Waals surface area contributed by atoms with Crippen molar-refractivity contribution in [3.8, 4) is 11.5 Å². The van der Waals surface area contributed by atoms with Crippen LogP contribution in [0.5, 0.6) is 11.5 Å². The Hall–Kier alpha value is -1.87. The average molecular weight is 379 g/mol.